The van der Waals surface area contributed by atoms with Crippen LogP contribution in [0.5, 0.6) is 0 Å². The highest BCUT2D eigenvalue weighted by molar-refractivity contribution is 6.23. The average molecular weight is 322 g/mol. The fraction of sp³-hybridized carbons (Fsp3) is 0.0435. The van der Waals surface area contributed by atoms with Gasteiger partial charge in [-0.1, -0.05) is 66.7 Å². The molecule has 0 fully saturated rings. The quantitative estimate of drug-likeness (QED) is 0.172. The van der Waals surface area contributed by atoms with E-state index in [0.29, 0.717) is 0 Å². The molecule has 0 aliphatic heterocycles. The van der Waals surface area contributed by atoms with Gasteiger partial charge in [0.15, 0.2) is 0 Å². The zero-order valence-corrected chi connectivity index (χ0v) is 13.4. The lowest BCUT2D eigenvalue weighted by Crippen LogP contribution is -2.00. The zero-order valence-electron chi connectivity index (χ0n) is 13.4. The number of hydrogen-bond acceptors (Lipinski definition) is 2. The Hall–Kier alpha value is -2.94. The molecule has 5 aromatic rings. The highest BCUT2D eigenvalue weighted by atomic mass is 17.1. The predicted octanol–water partition coefficient (Wildman–Crippen LogP) is 6.19. The molecule has 1 unspecified atom stereocenters. The van der Waals surface area contributed by atoms with E-state index in [9.17, 15) is 5.26 Å². The lowest BCUT2D eigenvalue weighted by atomic mass is 9.92. The Bertz CT molecular complexity index is 1310. The summed E-state index contributed by atoms with van der Waals surface area (Å²) >= 11 is 0. The minimum absolute atomic E-state index is 0.446. The average Bonchev–Trinajstić information content (AvgIpc) is 3.01. The van der Waals surface area contributed by atoms with Crippen LogP contribution in [-0.2, 0) is 4.89 Å². The number of rotatable bonds is 1. The Balaban J connectivity index is 1.96. The van der Waals surface area contributed by atoms with Gasteiger partial charge in [0, 0.05) is 5.56 Å². The Morgan fingerprint density at radius 3 is 2.24 bits per heavy atom. The van der Waals surface area contributed by atoms with Crippen LogP contribution < -0.4 is 0 Å². The fourth-order valence-corrected chi connectivity index (χ4v) is 4.58. The van der Waals surface area contributed by atoms with Crippen LogP contribution in [-0.4, -0.2) is 5.26 Å². The largest absolute Gasteiger partial charge is 0.251 e. The molecule has 1 N–H and O–H groups in total. The Kier molecular flexibility index (Phi) is 2.44. The van der Waals surface area contributed by atoms with Crippen LogP contribution >= 0.6 is 0 Å². The van der Waals surface area contributed by atoms with Crippen LogP contribution in [0.2, 0.25) is 0 Å². The van der Waals surface area contributed by atoms with Gasteiger partial charge in [-0.15, -0.1) is 0 Å². The zero-order chi connectivity index (χ0) is 16.5. The van der Waals surface area contributed by atoms with Crippen LogP contribution in [0.1, 0.15) is 17.2 Å². The van der Waals surface area contributed by atoms with Crippen LogP contribution in [0.15, 0.2) is 72.8 Å². The number of benzene rings is 5. The summed E-state index contributed by atoms with van der Waals surface area (Å²) in [6.07, 6.45) is -0.446. The van der Waals surface area contributed by atoms with E-state index in [1.165, 1.54) is 43.1 Å². The molecule has 1 aliphatic rings. The third kappa shape index (κ3) is 1.56. The first-order valence-electron chi connectivity index (χ1n) is 8.47. The van der Waals surface area contributed by atoms with E-state index < -0.39 is 6.10 Å². The number of hydrogen-bond donors (Lipinski definition) is 1. The van der Waals surface area contributed by atoms with Crippen LogP contribution in [0.25, 0.3) is 43.1 Å². The molecule has 0 bridgehead atoms. The van der Waals surface area contributed by atoms with Crippen molar-refractivity contribution in [1.82, 2.24) is 0 Å². The van der Waals surface area contributed by atoms with Crippen LogP contribution in [0.3, 0.4) is 0 Å². The topological polar surface area (TPSA) is 29.5 Å². The van der Waals surface area contributed by atoms with Gasteiger partial charge in [0.05, 0.1) is 0 Å². The van der Waals surface area contributed by atoms with Gasteiger partial charge in [0.25, 0.3) is 0 Å². The van der Waals surface area contributed by atoms with Crippen LogP contribution in [0, 0.1) is 0 Å². The van der Waals surface area contributed by atoms with Gasteiger partial charge in [0.1, 0.15) is 6.10 Å². The van der Waals surface area contributed by atoms with E-state index in [-0.39, 0.29) is 0 Å². The van der Waals surface area contributed by atoms with Gasteiger partial charge in [-0.05, 0) is 54.7 Å². The molecule has 1 atom stereocenters. The molecule has 6 rings (SSSR count). The van der Waals surface area contributed by atoms with Crippen molar-refractivity contribution < 1.29 is 10.1 Å². The Morgan fingerprint density at radius 2 is 1.36 bits per heavy atom. The fourth-order valence-electron chi connectivity index (χ4n) is 4.58. The Labute approximate surface area is 143 Å². The molecule has 25 heavy (non-hydrogen) atoms. The highest BCUT2D eigenvalue weighted by Crippen LogP contribution is 2.49. The Morgan fingerprint density at radius 1 is 0.640 bits per heavy atom. The molecule has 0 amide bonds. The lowest BCUT2D eigenvalue weighted by Gasteiger charge is -2.15. The minimum Gasteiger partial charge on any atom is -0.251 e. The molecule has 0 saturated carbocycles. The molecule has 0 radical (unpaired) electrons. The third-order valence-electron chi connectivity index (χ3n) is 5.57. The van der Waals surface area contributed by atoms with Crippen molar-refractivity contribution in [3.63, 3.8) is 0 Å². The molecule has 0 aromatic heterocycles. The van der Waals surface area contributed by atoms with Gasteiger partial charge in [-0.3, -0.25) is 5.26 Å². The van der Waals surface area contributed by atoms with E-state index in [1.54, 1.807) is 0 Å². The van der Waals surface area contributed by atoms with E-state index in [0.717, 1.165) is 11.1 Å². The standard InChI is InChI=1S/C23H14O2/c24-25-23-18-7-3-5-14-9-11-16-12-15-10-8-13-4-1-2-6-17(13)20(15)22(23)21(16)19(14)18/h1-12,23-24H. The normalized spacial score (nSPS) is 16.0. The van der Waals surface area contributed by atoms with Crippen molar-refractivity contribution in [1.29, 1.82) is 0 Å². The molecule has 0 heterocycles. The predicted molar refractivity (Wildman–Crippen MR) is 102 cm³/mol. The van der Waals surface area contributed by atoms with Gasteiger partial charge < -0.3 is 0 Å². The maximum atomic E-state index is 9.77. The minimum atomic E-state index is -0.446. The second-order valence-corrected chi connectivity index (χ2v) is 6.77. The van der Waals surface area contributed by atoms with Crippen molar-refractivity contribution in [2.45, 2.75) is 6.10 Å². The monoisotopic (exact) mass is 322 g/mol. The molecule has 5 aromatic carbocycles. The molecule has 1 aliphatic carbocycles. The lowest BCUT2D eigenvalue weighted by molar-refractivity contribution is -0.269. The second-order valence-electron chi connectivity index (χ2n) is 6.77. The first-order valence-corrected chi connectivity index (χ1v) is 8.47. The highest BCUT2D eigenvalue weighted by Gasteiger charge is 2.30. The first kappa shape index (κ1) is 13.4. The van der Waals surface area contributed by atoms with Gasteiger partial charge >= 0.3 is 0 Å². The molecule has 2 heteroatoms. The van der Waals surface area contributed by atoms with E-state index in [2.05, 4.69) is 66.7 Å². The first-order chi connectivity index (χ1) is 12.4. The summed E-state index contributed by atoms with van der Waals surface area (Å²) in [6.45, 7) is 0. The molecule has 0 spiro atoms. The van der Waals surface area contributed by atoms with Gasteiger partial charge in [0.2, 0.25) is 0 Å². The van der Waals surface area contributed by atoms with Gasteiger partial charge in [-0.2, -0.15) is 0 Å². The SMILES string of the molecule is OOC1c2cccc3ccc4cc5ccc6ccccc6c5c1c4c23. The second kappa shape index (κ2) is 4.57. The summed E-state index contributed by atoms with van der Waals surface area (Å²) in [5, 5.41) is 19.3. The van der Waals surface area contributed by atoms with Crippen molar-refractivity contribution in [3.8, 4) is 0 Å². The van der Waals surface area contributed by atoms with E-state index in [1.807, 2.05) is 6.07 Å². The summed E-state index contributed by atoms with van der Waals surface area (Å²) in [5.41, 5.74) is 2.12. The number of fused-ring (bicyclic) bond motifs is 4. The maximum absolute atomic E-state index is 9.77. The summed E-state index contributed by atoms with van der Waals surface area (Å²) in [4.78, 5) is 5.03. The summed E-state index contributed by atoms with van der Waals surface area (Å²) in [7, 11) is 0. The molecule has 118 valence electrons. The van der Waals surface area contributed by atoms with Crippen molar-refractivity contribution >= 4 is 43.1 Å². The van der Waals surface area contributed by atoms with Gasteiger partial charge in [-0.25, -0.2) is 4.89 Å². The van der Waals surface area contributed by atoms with Crippen molar-refractivity contribution in [2.75, 3.05) is 0 Å². The summed E-state index contributed by atoms with van der Waals surface area (Å²) < 4.78 is 0. The molecular formula is C23H14O2. The summed E-state index contributed by atoms with van der Waals surface area (Å²) in [5.74, 6) is 0. The molecular weight excluding hydrogens is 308 g/mol. The van der Waals surface area contributed by atoms with E-state index >= 15 is 0 Å². The van der Waals surface area contributed by atoms with E-state index in [4.69, 9.17) is 4.89 Å². The molecule has 2 nitrogen and oxygen atoms in total. The van der Waals surface area contributed by atoms with Crippen molar-refractivity contribution in [2.24, 2.45) is 0 Å². The van der Waals surface area contributed by atoms with Crippen LogP contribution in [0.4, 0.5) is 0 Å². The summed E-state index contributed by atoms with van der Waals surface area (Å²) in [6, 6.07) is 25.5. The molecule has 0 saturated heterocycles. The smallest absolute Gasteiger partial charge is 0.145 e. The van der Waals surface area contributed by atoms with Crippen molar-refractivity contribution in [3.05, 3.63) is 83.9 Å². The maximum Gasteiger partial charge on any atom is 0.145 e. The third-order valence-corrected chi connectivity index (χ3v) is 5.57.